The third kappa shape index (κ3) is 4.46. The summed E-state index contributed by atoms with van der Waals surface area (Å²) in [6.45, 7) is 1.10. The van der Waals surface area contributed by atoms with Crippen LogP contribution in [0, 0.1) is 18.6 Å². The van der Waals surface area contributed by atoms with E-state index in [-0.39, 0.29) is 17.3 Å². The Kier molecular flexibility index (Phi) is 5.92. The number of nitrogens with two attached hydrogens (primary N) is 1. The minimum Gasteiger partial charge on any atom is -0.490 e. The Morgan fingerprint density at radius 2 is 1.82 bits per heavy atom. The molecule has 0 radical (unpaired) electrons. The summed E-state index contributed by atoms with van der Waals surface area (Å²) in [6.07, 6.45) is -1.73. The summed E-state index contributed by atoms with van der Waals surface area (Å²) in [5.74, 6) is -5.36. The molecule has 0 aliphatic carbocycles. The normalized spacial score (nSPS) is 12.8. The lowest BCUT2D eigenvalue weighted by atomic mass is 10.0. The number of halogens is 5. The van der Waals surface area contributed by atoms with Gasteiger partial charge in [0.15, 0.2) is 23.4 Å². The summed E-state index contributed by atoms with van der Waals surface area (Å²) in [7, 11) is 0. The van der Waals surface area contributed by atoms with Gasteiger partial charge in [0, 0.05) is 23.7 Å². The molecule has 1 unspecified atom stereocenters. The first-order valence-corrected chi connectivity index (χ1v) is 9.99. The van der Waals surface area contributed by atoms with Crippen LogP contribution in [-0.2, 0) is 5.92 Å². The monoisotopic (exact) mass is 462 g/mol. The van der Waals surface area contributed by atoms with Gasteiger partial charge in [-0.3, -0.25) is 0 Å². The predicted octanol–water partition coefficient (Wildman–Crippen LogP) is 5.46. The average molecular weight is 462 g/mol. The number of alkyl halides is 3. The highest BCUT2D eigenvalue weighted by Gasteiger charge is 2.41. The molecule has 0 bridgehead atoms. The molecule has 5 nitrogen and oxygen atoms in total. The van der Waals surface area contributed by atoms with Crippen molar-refractivity contribution in [2.24, 2.45) is 0 Å². The molecule has 0 saturated carbocycles. The summed E-state index contributed by atoms with van der Waals surface area (Å²) in [4.78, 5) is 4.03. The van der Waals surface area contributed by atoms with E-state index in [0.29, 0.717) is 16.8 Å². The number of nitrogen functional groups attached to an aromatic ring is 1. The molecular formula is C23H19F5N4O. The van der Waals surface area contributed by atoms with E-state index in [1.807, 2.05) is 0 Å². The van der Waals surface area contributed by atoms with Crippen LogP contribution in [0.3, 0.4) is 0 Å². The summed E-state index contributed by atoms with van der Waals surface area (Å²) < 4.78 is 78.0. The van der Waals surface area contributed by atoms with Crippen LogP contribution in [0.15, 0.2) is 54.7 Å². The number of nitrogens with zero attached hydrogens (tertiary/aromatic N) is 3. The Balaban J connectivity index is 1.50. The standard InChI is InChI=1S/C23H19F5N4O/c1-13-2-7-17(14-8-10-32-19(12-14)30-22(29)31-32)20(26)21(13)33-11-9-18(25)23(27,28)15-3-5-16(24)6-4-15/h2-8,10,12,18H,9,11H2,1H3,(H2,29,31). The molecule has 4 aromatic rings. The van der Waals surface area contributed by atoms with Gasteiger partial charge >= 0.3 is 5.92 Å². The zero-order valence-corrected chi connectivity index (χ0v) is 17.4. The molecule has 2 N–H and O–H groups in total. The largest absolute Gasteiger partial charge is 0.490 e. The fraction of sp³-hybridized carbons (Fsp3) is 0.217. The quantitative estimate of drug-likeness (QED) is 0.370. The average Bonchev–Trinajstić information content (AvgIpc) is 3.15. The van der Waals surface area contributed by atoms with Gasteiger partial charge in [-0.25, -0.2) is 17.7 Å². The molecule has 0 fully saturated rings. The summed E-state index contributed by atoms with van der Waals surface area (Å²) >= 11 is 0. The Morgan fingerprint density at radius 1 is 1.09 bits per heavy atom. The summed E-state index contributed by atoms with van der Waals surface area (Å²) in [5, 5.41) is 3.95. The SMILES string of the molecule is Cc1ccc(-c2ccn3nc(N)nc3c2)c(F)c1OCCC(F)C(F)(F)c1ccc(F)cc1. The molecule has 2 aromatic heterocycles. The third-order valence-corrected chi connectivity index (χ3v) is 5.20. The van der Waals surface area contributed by atoms with Gasteiger partial charge < -0.3 is 10.5 Å². The van der Waals surface area contributed by atoms with E-state index in [1.165, 1.54) is 4.52 Å². The number of aromatic nitrogens is 3. The van der Waals surface area contributed by atoms with Crippen molar-refractivity contribution in [2.45, 2.75) is 25.4 Å². The van der Waals surface area contributed by atoms with Gasteiger partial charge in [0.1, 0.15) is 5.82 Å². The topological polar surface area (TPSA) is 65.4 Å². The van der Waals surface area contributed by atoms with Crippen molar-refractivity contribution in [3.8, 4) is 16.9 Å². The van der Waals surface area contributed by atoms with Crippen LogP contribution in [0.1, 0.15) is 17.5 Å². The maximum Gasteiger partial charge on any atom is 0.303 e. The van der Waals surface area contributed by atoms with Gasteiger partial charge in [0.05, 0.1) is 6.61 Å². The molecule has 0 spiro atoms. The molecule has 0 amide bonds. The van der Waals surface area contributed by atoms with Crippen molar-refractivity contribution in [2.75, 3.05) is 12.3 Å². The van der Waals surface area contributed by atoms with E-state index in [4.69, 9.17) is 10.5 Å². The number of fused-ring (bicyclic) bond motifs is 1. The van der Waals surface area contributed by atoms with Crippen LogP contribution in [0.4, 0.5) is 27.9 Å². The minimum absolute atomic E-state index is 0.0683. The van der Waals surface area contributed by atoms with Crippen LogP contribution in [0.25, 0.3) is 16.8 Å². The number of ether oxygens (including phenoxy) is 1. The summed E-state index contributed by atoms with van der Waals surface area (Å²) in [5.41, 5.74) is 6.42. The Labute approximate surface area is 185 Å². The van der Waals surface area contributed by atoms with E-state index in [9.17, 15) is 17.6 Å². The highest BCUT2D eigenvalue weighted by atomic mass is 19.3. The van der Waals surface area contributed by atoms with Gasteiger partial charge in [0.25, 0.3) is 0 Å². The number of anilines is 1. The molecule has 0 saturated heterocycles. The van der Waals surface area contributed by atoms with Crippen molar-refractivity contribution in [3.63, 3.8) is 0 Å². The lowest BCUT2D eigenvalue weighted by Crippen LogP contribution is -2.29. The molecule has 2 aromatic carbocycles. The lowest BCUT2D eigenvalue weighted by molar-refractivity contribution is -0.0847. The second-order valence-electron chi connectivity index (χ2n) is 7.50. The first-order valence-electron chi connectivity index (χ1n) is 9.99. The van der Waals surface area contributed by atoms with Gasteiger partial charge in [-0.1, -0.05) is 24.3 Å². The van der Waals surface area contributed by atoms with E-state index in [2.05, 4.69) is 10.1 Å². The number of aryl methyl sites for hydroxylation is 1. The fourth-order valence-corrected chi connectivity index (χ4v) is 3.42. The first-order chi connectivity index (χ1) is 15.7. The number of pyridine rings is 1. The minimum atomic E-state index is -3.85. The number of benzene rings is 2. The maximum absolute atomic E-state index is 15.2. The number of hydrogen-bond acceptors (Lipinski definition) is 4. The Hall–Kier alpha value is -3.69. The highest BCUT2D eigenvalue weighted by molar-refractivity contribution is 5.70. The molecule has 10 heteroatoms. The third-order valence-electron chi connectivity index (χ3n) is 5.20. The van der Waals surface area contributed by atoms with Gasteiger partial charge in [0.2, 0.25) is 5.95 Å². The van der Waals surface area contributed by atoms with E-state index in [1.54, 1.807) is 37.4 Å². The highest BCUT2D eigenvalue weighted by Crippen LogP contribution is 2.36. The Bertz CT molecular complexity index is 1290. The molecule has 1 atom stereocenters. The Morgan fingerprint density at radius 3 is 2.55 bits per heavy atom. The number of rotatable bonds is 7. The van der Waals surface area contributed by atoms with Crippen molar-refractivity contribution < 1.29 is 26.7 Å². The van der Waals surface area contributed by atoms with Crippen LogP contribution in [0.5, 0.6) is 5.75 Å². The van der Waals surface area contributed by atoms with Crippen molar-refractivity contribution in [3.05, 3.63) is 77.5 Å². The van der Waals surface area contributed by atoms with Crippen LogP contribution in [0.2, 0.25) is 0 Å². The smallest absolute Gasteiger partial charge is 0.303 e. The molecule has 2 heterocycles. The maximum atomic E-state index is 15.2. The predicted molar refractivity (Wildman–Crippen MR) is 113 cm³/mol. The zero-order chi connectivity index (χ0) is 23.8. The first kappa shape index (κ1) is 22.5. The number of hydrogen-bond donors (Lipinski definition) is 1. The van der Waals surface area contributed by atoms with Gasteiger partial charge in [-0.2, -0.15) is 13.8 Å². The molecule has 0 aliphatic heterocycles. The lowest BCUT2D eigenvalue weighted by Gasteiger charge is -2.21. The second kappa shape index (κ2) is 8.68. The van der Waals surface area contributed by atoms with Crippen LogP contribution < -0.4 is 10.5 Å². The van der Waals surface area contributed by atoms with Crippen LogP contribution in [-0.4, -0.2) is 27.4 Å². The molecule has 0 aliphatic rings. The molecule has 33 heavy (non-hydrogen) atoms. The van der Waals surface area contributed by atoms with Gasteiger partial charge in [-0.15, -0.1) is 5.10 Å². The zero-order valence-electron chi connectivity index (χ0n) is 17.4. The van der Waals surface area contributed by atoms with Crippen LogP contribution >= 0.6 is 0 Å². The van der Waals surface area contributed by atoms with E-state index >= 15 is 4.39 Å². The van der Waals surface area contributed by atoms with Gasteiger partial charge in [-0.05, 0) is 42.3 Å². The molecule has 172 valence electrons. The van der Waals surface area contributed by atoms with Crippen molar-refractivity contribution in [1.29, 1.82) is 0 Å². The van der Waals surface area contributed by atoms with E-state index in [0.717, 1.165) is 24.3 Å². The molecule has 4 rings (SSSR count). The fourth-order valence-electron chi connectivity index (χ4n) is 3.42. The van der Waals surface area contributed by atoms with Crippen molar-refractivity contribution >= 4 is 11.6 Å². The van der Waals surface area contributed by atoms with Crippen molar-refractivity contribution in [1.82, 2.24) is 14.6 Å². The second-order valence-corrected chi connectivity index (χ2v) is 7.50. The van der Waals surface area contributed by atoms with E-state index < -0.39 is 42.3 Å². The molecular weight excluding hydrogens is 443 g/mol. The summed E-state index contributed by atoms with van der Waals surface area (Å²) in [6, 6.07) is 9.68.